The van der Waals surface area contributed by atoms with E-state index < -0.39 is 11.7 Å². The highest BCUT2D eigenvalue weighted by Gasteiger charge is 2.35. The van der Waals surface area contributed by atoms with Gasteiger partial charge in [-0.1, -0.05) is 0 Å². The van der Waals surface area contributed by atoms with E-state index >= 15 is 0 Å². The molecule has 1 atom stereocenters. The van der Waals surface area contributed by atoms with Gasteiger partial charge in [0.05, 0.1) is 41.4 Å². The zero-order valence-electron chi connectivity index (χ0n) is 18.2. The first-order valence-electron chi connectivity index (χ1n) is 9.88. The predicted molar refractivity (Wildman–Crippen MR) is 116 cm³/mol. The minimum Gasteiger partial charge on any atom is -0.465 e. The fourth-order valence-corrected chi connectivity index (χ4v) is 3.85. The number of benzene rings is 1. The molecule has 166 valence electrons. The van der Waals surface area contributed by atoms with Gasteiger partial charge in [-0.2, -0.15) is 5.10 Å². The van der Waals surface area contributed by atoms with Crippen molar-refractivity contribution in [3.05, 3.63) is 24.5 Å². The minimum atomic E-state index is -1.13. The first-order valence-corrected chi connectivity index (χ1v) is 9.88. The lowest BCUT2D eigenvalue weighted by atomic mass is 10.0. The summed E-state index contributed by atoms with van der Waals surface area (Å²) >= 11 is 0. The summed E-state index contributed by atoms with van der Waals surface area (Å²) < 4.78 is 1.57. The maximum atomic E-state index is 12.3. The molecule has 1 aliphatic rings. The Bertz CT molecular complexity index is 1040. The number of rotatable bonds is 4. The van der Waals surface area contributed by atoms with Crippen molar-refractivity contribution in [2.24, 2.45) is 0 Å². The number of nitrogens with one attached hydrogen (secondary N) is 1. The third-order valence-electron chi connectivity index (χ3n) is 4.93. The molecule has 2 aromatic rings. The standard InChI is InChI=1S/C21H27N5O5/c1-12-9-25(20(29)30)18-6-16(15-8-22-24(10-15)11-21(4,5)31)17(23-13(2)27)7-19(18)26(12)14(3)28/h6-8,10,12,31H,9,11H2,1-5H3,(H,23,27)(H,29,30)/t12-/m0/s1. The van der Waals surface area contributed by atoms with Crippen molar-refractivity contribution in [1.29, 1.82) is 0 Å². The molecule has 0 fully saturated rings. The van der Waals surface area contributed by atoms with Crippen LogP contribution < -0.4 is 15.1 Å². The molecule has 0 unspecified atom stereocenters. The topological polar surface area (TPSA) is 128 Å². The number of carbonyl (C=O) groups is 3. The number of fused-ring (bicyclic) bond motifs is 1. The first kappa shape index (κ1) is 22.3. The van der Waals surface area contributed by atoms with Gasteiger partial charge < -0.3 is 20.4 Å². The Morgan fingerprint density at radius 2 is 1.90 bits per heavy atom. The Kier molecular flexibility index (Phi) is 5.77. The molecule has 0 aliphatic carbocycles. The molecule has 2 heterocycles. The molecule has 1 aromatic carbocycles. The summed E-state index contributed by atoms with van der Waals surface area (Å²) in [5, 5.41) is 26.8. The molecule has 31 heavy (non-hydrogen) atoms. The number of amides is 3. The molecular formula is C21H27N5O5. The second-order valence-corrected chi connectivity index (χ2v) is 8.44. The molecule has 1 aromatic heterocycles. The highest BCUT2D eigenvalue weighted by atomic mass is 16.4. The summed E-state index contributed by atoms with van der Waals surface area (Å²) in [6.07, 6.45) is 2.16. The summed E-state index contributed by atoms with van der Waals surface area (Å²) in [6.45, 7) is 8.27. The van der Waals surface area contributed by atoms with Crippen molar-refractivity contribution in [1.82, 2.24) is 9.78 Å². The minimum absolute atomic E-state index is 0.124. The van der Waals surface area contributed by atoms with Crippen LogP contribution in [0.25, 0.3) is 11.1 Å². The predicted octanol–water partition coefficient (Wildman–Crippen LogP) is 2.52. The van der Waals surface area contributed by atoms with Crippen molar-refractivity contribution < 1.29 is 24.6 Å². The lowest BCUT2D eigenvalue weighted by Gasteiger charge is -2.40. The molecule has 0 spiro atoms. The monoisotopic (exact) mass is 429 g/mol. The lowest BCUT2D eigenvalue weighted by Crippen LogP contribution is -2.51. The van der Waals surface area contributed by atoms with Crippen LogP contribution >= 0.6 is 0 Å². The summed E-state index contributed by atoms with van der Waals surface area (Å²) in [5.74, 6) is -0.531. The summed E-state index contributed by atoms with van der Waals surface area (Å²) in [4.78, 5) is 38.8. The summed E-state index contributed by atoms with van der Waals surface area (Å²) in [7, 11) is 0. The van der Waals surface area contributed by atoms with Crippen molar-refractivity contribution >= 4 is 35.0 Å². The van der Waals surface area contributed by atoms with Crippen LogP contribution in [-0.2, 0) is 16.1 Å². The van der Waals surface area contributed by atoms with E-state index in [1.165, 1.54) is 23.6 Å². The van der Waals surface area contributed by atoms with Gasteiger partial charge in [0.15, 0.2) is 0 Å². The van der Waals surface area contributed by atoms with Gasteiger partial charge >= 0.3 is 6.09 Å². The number of carbonyl (C=O) groups excluding carboxylic acids is 2. The van der Waals surface area contributed by atoms with E-state index in [0.29, 0.717) is 28.2 Å². The van der Waals surface area contributed by atoms with Gasteiger partial charge in [0.25, 0.3) is 0 Å². The Hall–Kier alpha value is -3.40. The Labute approximate surface area is 180 Å². The average molecular weight is 429 g/mol. The molecule has 10 nitrogen and oxygen atoms in total. The Balaban J connectivity index is 2.20. The summed E-state index contributed by atoms with van der Waals surface area (Å²) in [6, 6.07) is 2.89. The Morgan fingerprint density at radius 3 is 2.45 bits per heavy atom. The van der Waals surface area contributed by atoms with Crippen LogP contribution in [0, 0.1) is 0 Å². The zero-order valence-corrected chi connectivity index (χ0v) is 18.2. The van der Waals surface area contributed by atoms with Gasteiger partial charge in [0.2, 0.25) is 11.8 Å². The van der Waals surface area contributed by atoms with Crippen LogP contribution in [0.1, 0.15) is 34.6 Å². The maximum Gasteiger partial charge on any atom is 0.411 e. The van der Waals surface area contributed by atoms with Gasteiger partial charge in [-0.05, 0) is 32.9 Å². The molecule has 0 radical (unpaired) electrons. The van der Waals surface area contributed by atoms with Crippen LogP contribution in [0.5, 0.6) is 0 Å². The van der Waals surface area contributed by atoms with E-state index in [-0.39, 0.29) is 30.9 Å². The highest BCUT2D eigenvalue weighted by Crippen LogP contribution is 2.43. The molecule has 3 N–H and O–H groups in total. The SMILES string of the molecule is CC(=O)Nc1cc2c(cc1-c1cnn(CC(C)(C)O)c1)N(C(=O)O)C[C@H](C)N2C(C)=O. The quantitative estimate of drug-likeness (QED) is 0.685. The largest absolute Gasteiger partial charge is 0.465 e. The molecular weight excluding hydrogens is 402 g/mol. The van der Waals surface area contributed by atoms with E-state index in [1.807, 2.05) is 0 Å². The molecule has 3 amide bonds. The molecule has 0 saturated heterocycles. The average Bonchev–Trinajstić information content (AvgIpc) is 3.05. The smallest absolute Gasteiger partial charge is 0.411 e. The number of aliphatic hydroxyl groups is 1. The normalized spacial score (nSPS) is 16.1. The van der Waals surface area contributed by atoms with Crippen molar-refractivity contribution in [3.63, 3.8) is 0 Å². The third kappa shape index (κ3) is 4.69. The van der Waals surface area contributed by atoms with Crippen molar-refractivity contribution in [3.8, 4) is 11.1 Å². The van der Waals surface area contributed by atoms with Crippen molar-refractivity contribution in [2.45, 2.75) is 52.8 Å². The molecule has 1 aliphatic heterocycles. The Morgan fingerprint density at radius 1 is 1.23 bits per heavy atom. The second-order valence-electron chi connectivity index (χ2n) is 8.44. The van der Waals surface area contributed by atoms with Crippen LogP contribution in [0.4, 0.5) is 21.9 Å². The fourth-order valence-electron chi connectivity index (χ4n) is 3.85. The van der Waals surface area contributed by atoms with Crippen molar-refractivity contribution in [2.75, 3.05) is 21.7 Å². The number of anilines is 3. The van der Waals surface area contributed by atoms with Gasteiger partial charge in [-0.25, -0.2) is 4.79 Å². The van der Waals surface area contributed by atoms with Gasteiger partial charge in [-0.15, -0.1) is 0 Å². The second kappa shape index (κ2) is 8.03. The lowest BCUT2D eigenvalue weighted by molar-refractivity contribution is -0.117. The van der Waals surface area contributed by atoms with Crippen LogP contribution in [-0.4, -0.2) is 56.1 Å². The number of hydrogen-bond acceptors (Lipinski definition) is 5. The maximum absolute atomic E-state index is 12.3. The van der Waals surface area contributed by atoms with E-state index in [2.05, 4.69) is 10.4 Å². The number of nitrogens with zero attached hydrogens (tertiary/aromatic N) is 4. The number of carboxylic acid groups (broad SMARTS) is 1. The molecule has 0 bridgehead atoms. The van der Waals surface area contributed by atoms with Crippen LogP contribution in [0.2, 0.25) is 0 Å². The molecule has 0 saturated carbocycles. The van der Waals surface area contributed by atoms with Crippen LogP contribution in [0.3, 0.4) is 0 Å². The summed E-state index contributed by atoms with van der Waals surface area (Å²) in [5.41, 5.74) is 1.40. The van der Waals surface area contributed by atoms with Gasteiger partial charge in [0, 0.05) is 37.7 Å². The van der Waals surface area contributed by atoms with Gasteiger partial charge in [-0.3, -0.25) is 19.2 Å². The number of aromatic nitrogens is 2. The third-order valence-corrected chi connectivity index (χ3v) is 4.93. The van der Waals surface area contributed by atoms with Gasteiger partial charge in [0.1, 0.15) is 0 Å². The van der Waals surface area contributed by atoms with E-state index in [4.69, 9.17) is 0 Å². The molecule has 3 rings (SSSR count). The fraction of sp³-hybridized carbons (Fsp3) is 0.429. The zero-order chi connectivity index (χ0) is 23.1. The highest BCUT2D eigenvalue weighted by molar-refractivity contribution is 6.06. The first-order chi connectivity index (χ1) is 14.4. The van der Waals surface area contributed by atoms with E-state index in [1.54, 1.807) is 50.0 Å². The molecule has 10 heteroatoms. The number of hydrogen-bond donors (Lipinski definition) is 3. The van der Waals surface area contributed by atoms with E-state index in [9.17, 15) is 24.6 Å². The van der Waals surface area contributed by atoms with Crippen LogP contribution in [0.15, 0.2) is 24.5 Å². The van der Waals surface area contributed by atoms with E-state index in [0.717, 1.165) is 0 Å².